The van der Waals surface area contributed by atoms with Crippen molar-refractivity contribution in [2.75, 3.05) is 13.2 Å². The van der Waals surface area contributed by atoms with Crippen LogP contribution in [0.4, 0.5) is 13.2 Å². The Bertz CT molecular complexity index is 1580. The highest BCUT2D eigenvalue weighted by Gasteiger charge is 2.31. The molecular formula is C26H18Br2F3N3O4. The van der Waals surface area contributed by atoms with E-state index in [0.29, 0.717) is 25.8 Å². The Labute approximate surface area is 231 Å². The Morgan fingerprint density at radius 2 is 1.79 bits per heavy atom. The fourth-order valence-electron chi connectivity index (χ4n) is 3.50. The molecule has 196 valence electrons. The number of carbonyl (C=O) groups is 1. The number of nitrogens with zero attached hydrogens (tertiary/aromatic N) is 3. The van der Waals surface area contributed by atoms with Gasteiger partial charge in [0.1, 0.15) is 5.75 Å². The van der Waals surface area contributed by atoms with E-state index in [0.717, 1.165) is 16.8 Å². The number of hydrogen-bond donors (Lipinski definition) is 0. The molecule has 0 fully saturated rings. The Morgan fingerprint density at radius 3 is 2.47 bits per heavy atom. The minimum Gasteiger partial charge on any atom is -0.480 e. The summed E-state index contributed by atoms with van der Waals surface area (Å²) in [6.07, 6.45) is -3.21. The zero-order chi connectivity index (χ0) is 27.4. The van der Waals surface area contributed by atoms with E-state index >= 15 is 0 Å². The van der Waals surface area contributed by atoms with E-state index in [1.807, 2.05) is 0 Å². The molecule has 0 N–H and O–H groups in total. The van der Waals surface area contributed by atoms with Crippen molar-refractivity contribution in [2.24, 2.45) is 5.10 Å². The van der Waals surface area contributed by atoms with Gasteiger partial charge in [0.15, 0.2) is 12.4 Å². The van der Waals surface area contributed by atoms with Crippen LogP contribution >= 0.6 is 31.9 Å². The zero-order valence-corrected chi connectivity index (χ0v) is 22.8. The molecule has 0 spiro atoms. The molecule has 0 atom stereocenters. The molecule has 1 aromatic heterocycles. The summed E-state index contributed by atoms with van der Waals surface area (Å²) in [5.41, 5.74) is -0.511. The van der Waals surface area contributed by atoms with Crippen LogP contribution in [0.15, 0.2) is 79.5 Å². The van der Waals surface area contributed by atoms with Crippen LogP contribution in [0.25, 0.3) is 22.3 Å². The first kappa shape index (κ1) is 27.5. The van der Waals surface area contributed by atoms with E-state index in [4.69, 9.17) is 9.47 Å². The lowest BCUT2D eigenvalue weighted by atomic mass is 10.1. The van der Waals surface area contributed by atoms with Gasteiger partial charge in [0.05, 0.1) is 38.2 Å². The van der Waals surface area contributed by atoms with Crippen molar-refractivity contribution in [1.82, 2.24) is 9.66 Å². The molecule has 0 aliphatic heterocycles. The first-order chi connectivity index (χ1) is 18.1. The lowest BCUT2D eigenvalue weighted by Gasteiger charge is -2.12. The molecule has 0 bridgehead atoms. The van der Waals surface area contributed by atoms with Crippen LogP contribution in [-0.2, 0) is 15.7 Å². The summed E-state index contributed by atoms with van der Waals surface area (Å²) in [4.78, 5) is 29.4. The second-order valence-corrected chi connectivity index (χ2v) is 9.51. The second kappa shape index (κ2) is 11.5. The lowest BCUT2D eigenvalue weighted by Crippen LogP contribution is -2.20. The second-order valence-electron chi connectivity index (χ2n) is 7.80. The van der Waals surface area contributed by atoms with Gasteiger partial charge in [-0.3, -0.25) is 4.79 Å². The summed E-state index contributed by atoms with van der Waals surface area (Å²) in [6, 6.07) is 14.3. The van der Waals surface area contributed by atoms with Crippen LogP contribution < -0.4 is 10.3 Å². The van der Waals surface area contributed by atoms with Crippen molar-refractivity contribution in [3.05, 3.63) is 91.1 Å². The molecule has 0 unspecified atom stereocenters. The van der Waals surface area contributed by atoms with Crippen LogP contribution in [0.3, 0.4) is 0 Å². The van der Waals surface area contributed by atoms with Gasteiger partial charge in [0.25, 0.3) is 5.56 Å². The number of para-hydroxylation sites is 1. The van der Waals surface area contributed by atoms with Gasteiger partial charge in [-0.05, 0) is 80.7 Å². The first-order valence-electron chi connectivity index (χ1n) is 11.1. The van der Waals surface area contributed by atoms with Crippen LogP contribution in [0, 0.1) is 0 Å². The highest BCUT2D eigenvalue weighted by atomic mass is 79.9. The summed E-state index contributed by atoms with van der Waals surface area (Å²) >= 11 is 6.76. The molecular weight excluding hydrogens is 635 g/mol. The summed E-state index contributed by atoms with van der Waals surface area (Å²) < 4.78 is 52.4. The number of fused-ring (bicyclic) bond motifs is 1. The average Bonchev–Trinajstić information content (AvgIpc) is 2.87. The van der Waals surface area contributed by atoms with E-state index in [1.54, 1.807) is 43.3 Å². The Morgan fingerprint density at radius 1 is 1.08 bits per heavy atom. The molecule has 0 saturated carbocycles. The van der Waals surface area contributed by atoms with Gasteiger partial charge in [0, 0.05) is 5.56 Å². The summed E-state index contributed by atoms with van der Waals surface area (Å²) in [6.45, 7) is 1.62. The van der Waals surface area contributed by atoms with Gasteiger partial charge in [-0.15, -0.1) is 0 Å². The molecule has 0 aliphatic carbocycles. The number of ether oxygens (including phenoxy) is 2. The molecule has 38 heavy (non-hydrogen) atoms. The molecule has 0 saturated heterocycles. The van der Waals surface area contributed by atoms with Crippen molar-refractivity contribution in [3.63, 3.8) is 0 Å². The maximum atomic E-state index is 13.4. The third-order valence-electron chi connectivity index (χ3n) is 5.18. The van der Waals surface area contributed by atoms with Crippen LogP contribution in [0.2, 0.25) is 0 Å². The van der Waals surface area contributed by atoms with Gasteiger partial charge in [0.2, 0.25) is 0 Å². The maximum Gasteiger partial charge on any atom is 0.416 e. The maximum absolute atomic E-state index is 13.4. The number of alkyl halides is 3. The van der Waals surface area contributed by atoms with E-state index < -0.39 is 23.3 Å². The first-order valence-corrected chi connectivity index (χ1v) is 12.7. The molecule has 4 aromatic rings. The predicted octanol–water partition coefficient (Wildman–Crippen LogP) is 6.43. The smallest absolute Gasteiger partial charge is 0.416 e. The fraction of sp³-hybridized carbons (Fsp3) is 0.154. The van der Waals surface area contributed by atoms with E-state index in [9.17, 15) is 22.8 Å². The number of hydrogen-bond acceptors (Lipinski definition) is 6. The Hall–Kier alpha value is -3.51. The zero-order valence-electron chi connectivity index (χ0n) is 19.6. The minimum absolute atomic E-state index is 0.0522. The van der Waals surface area contributed by atoms with Crippen LogP contribution in [0.1, 0.15) is 18.1 Å². The SMILES string of the molecule is CCOC(=O)COc1c(Br)cc(C=Nn2c(-c3cccc(C(F)(F)F)c3)nc3ccccc3c2=O)cc1Br. The van der Waals surface area contributed by atoms with E-state index in [-0.39, 0.29) is 30.0 Å². The van der Waals surface area contributed by atoms with Crippen LogP contribution in [-0.4, -0.2) is 35.1 Å². The van der Waals surface area contributed by atoms with Crippen molar-refractivity contribution in [2.45, 2.75) is 13.1 Å². The molecule has 12 heteroatoms. The highest BCUT2D eigenvalue weighted by molar-refractivity contribution is 9.11. The van der Waals surface area contributed by atoms with Crippen molar-refractivity contribution in [3.8, 4) is 17.1 Å². The van der Waals surface area contributed by atoms with Gasteiger partial charge in [-0.25, -0.2) is 9.78 Å². The summed E-state index contributed by atoms with van der Waals surface area (Å²) in [7, 11) is 0. The number of esters is 1. The van der Waals surface area contributed by atoms with Gasteiger partial charge < -0.3 is 9.47 Å². The molecule has 0 radical (unpaired) electrons. The molecule has 1 heterocycles. The lowest BCUT2D eigenvalue weighted by molar-refractivity contribution is -0.145. The van der Waals surface area contributed by atoms with Gasteiger partial charge >= 0.3 is 12.1 Å². The normalized spacial score (nSPS) is 11.7. The molecule has 4 rings (SSSR count). The summed E-state index contributed by atoms with van der Waals surface area (Å²) in [5.74, 6) is -0.227. The molecule has 7 nitrogen and oxygen atoms in total. The largest absolute Gasteiger partial charge is 0.480 e. The summed E-state index contributed by atoms with van der Waals surface area (Å²) in [5, 5.41) is 4.54. The quantitative estimate of drug-likeness (QED) is 0.170. The average molecular weight is 653 g/mol. The molecule has 0 amide bonds. The number of rotatable bonds is 7. The van der Waals surface area contributed by atoms with E-state index in [2.05, 4.69) is 41.9 Å². The Kier molecular flexibility index (Phi) is 8.32. The topological polar surface area (TPSA) is 82.8 Å². The molecule has 3 aromatic carbocycles. The predicted molar refractivity (Wildman–Crippen MR) is 143 cm³/mol. The fourth-order valence-corrected chi connectivity index (χ4v) is 4.95. The number of halogens is 5. The molecule has 0 aliphatic rings. The van der Waals surface area contributed by atoms with Gasteiger partial charge in [-0.2, -0.15) is 22.9 Å². The minimum atomic E-state index is -4.57. The standard InChI is InChI=1S/C26H18Br2F3N3O4/c1-2-37-22(35)14-38-23-19(27)10-15(11-20(23)28)13-32-34-24(16-6-5-7-17(12-16)26(29,30)31)33-21-9-4-3-8-18(21)25(34)36/h3-13H,2,14H2,1H3. The van der Waals surface area contributed by atoms with Crippen molar-refractivity contribution < 1.29 is 27.4 Å². The van der Waals surface area contributed by atoms with Gasteiger partial charge in [-0.1, -0.05) is 24.3 Å². The third kappa shape index (κ3) is 6.13. The van der Waals surface area contributed by atoms with Crippen molar-refractivity contribution in [1.29, 1.82) is 0 Å². The van der Waals surface area contributed by atoms with Crippen molar-refractivity contribution >= 4 is 54.9 Å². The Balaban J connectivity index is 1.77. The monoisotopic (exact) mass is 651 g/mol. The third-order valence-corrected chi connectivity index (χ3v) is 6.36. The van der Waals surface area contributed by atoms with E-state index in [1.165, 1.54) is 18.3 Å². The number of carbonyl (C=O) groups excluding carboxylic acids is 1. The number of aromatic nitrogens is 2. The highest BCUT2D eigenvalue weighted by Crippen LogP contribution is 2.35. The van der Waals surface area contributed by atoms with Crippen LogP contribution in [0.5, 0.6) is 5.75 Å². The number of benzene rings is 3.